The lowest BCUT2D eigenvalue weighted by Gasteiger charge is -2.19. The lowest BCUT2D eigenvalue weighted by molar-refractivity contribution is -0.113. The van der Waals surface area contributed by atoms with E-state index < -0.39 is 0 Å². The van der Waals surface area contributed by atoms with Crippen molar-refractivity contribution in [3.05, 3.63) is 46.8 Å². The molecule has 0 atom stereocenters. The number of thioether (sulfide) groups is 1. The summed E-state index contributed by atoms with van der Waals surface area (Å²) in [6.07, 6.45) is 0.766. The van der Waals surface area contributed by atoms with Crippen LogP contribution in [0.25, 0.3) is 21.9 Å². The molecule has 0 spiro atoms. The first-order valence-corrected chi connectivity index (χ1v) is 12.4. The van der Waals surface area contributed by atoms with Crippen molar-refractivity contribution in [3.63, 3.8) is 0 Å². The van der Waals surface area contributed by atoms with E-state index in [2.05, 4.69) is 5.32 Å². The highest BCUT2D eigenvalue weighted by Gasteiger charge is 2.20. The second-order valence-electron chi connectivity index (χ2n) is 8.19. The van der Waals surface area contributed by atoms with E-state index in [0.29, 0.717) is 58.9 Å². The first-order valence-electron chi connectivity index (χ1n) is 11.4. The van der Waals surface area contributed by atoms with E-state index in [-0.39, 0.29) is 17.2 Å². The average molecular weight is 495 g/mol. The zero-order valence-electron chi connectivity index (χ0n) is 19.8. The Bertz CT molecular complexity index is 1490. The van der Waals surface area contributed by atoms with Crippen LogP contribution in [-0.2, 0) is 18.4 Å². The minimum atomic E-state index is -0.205. The molecule has 0 unspecified atom stereocenters. The van der Waals surface area contributed by atoms with Crippen LogP contribution in [0.1, 0.15) is 13.3 Å². The van der Waals surface area contributed by atoms with Crippen molar-refractivity contribution < 1.29 is 19.0 Å². The van der Waals surface area contributed by atoms with Crippen molar-refractivity contribution in [1.29, 1.82) is 0 Å². The van der Waals surface area contributed by atoms with E-state index in [1.54, 1.807) is 29.9 Å². The molecule has 35 heavy (non-hydrogen) atoms. The van der Waals surface area contributed by atoms with Crippen molar-refractivity contribution in [2.24, 2.45) is 7.05 Å². The summed E-state index contributed by atoms with van der Waals surface area (Å²) in [5.74, 6) is 1.86. The molecular weight excluding hydrogens is 468 g/mol. The van der Waals surface area contributed by atoms with Gasteiger partial charge in [0.1, 0.15) is 30.0 Å². The number of carbonyl (C=O) groups excluding carboxylic acids is 1. The topological polar surface area (TPSA) is 96.6 Å². The molecule has 0 aliphatic carbocycles. The van der Waals surface area contributed by atoms with E-state index >= 15 is 0 Å². The maximum atomic E-state index is 13.5. The molecular formula is C25H26N4O5S. The standard InChI is InChI=1S/C25H26N4O5S/c1-4-9-29-24(31)23-22(17-13-16(32-3)6-7-18(17)28(23)2)27-25(29)35-14-21(30)26-15-5-8-19-20(12-15)34-11-10-33-19/h5-8,12-13H,4,9-11,14H2,1-3H3,(H,26,30). The summed E-state index contributed by atoms with van der Waals surface area (Å²) in [7, 11) is 3.47. The average Bonchev–Trinajstić information content (AvgIpc) is 3.15. The number of hydrogen-bond donors (Lipinski definition) is 1. The van der Waals surface area contributed by atoms with Crippen LogP contribution in [0.2, 0.25) is 0 Å². The Labute approximate surface area is 206 Å². The minimum absolute atomic E-state index is 0.101. The summed E-state index contributed by atoms with van der Waals surface area (Å²) < 4.78 is 20.0. The highest BCUT2D eigenvalue weighted by molar-refractivity contribution is 7.99. The number of ether oxygens (including phenoxy) is 3. The molecule has 2 aromatic heterocycles. The van der Waals surface area contributed by atoms with Gasteiger partial charge in [0.25, 0.3) is 5.56 Å². The van der Waals surface area contributed by atoms with Crippen LogP contribution in [0.4, 0.5) is 5.69 Å². The minimum Gasteiger partial charge on any atom is -0.497 e. The lowest BCUT2D eigenvalue weighted by atomic mass is 10.2. The Hall–Kier alpha value is -3.66. The van der Waals surface area contributed by atoms with Crippen LogP contribution in [0.3, 0.4) is 0 Å². The second-order valence-corrected chi connectivity index (χ2v) is 9.13. The number of hydrogen-bond acceptors (Lipinski definition) is 7. The third-order valence-corrected chi connectivity index (χ3v) is 6.85. The molecule has 2 aromatic carbocycles. The number of carbonyl (C=O) groups is 1. The summed E-state index contributed by atoms with van der Waals surface area (Å²) in [6, 6.07) is 11.0. The van der Waals surface area contributed by atoms with Gasteiger partial charge in [-0.1, -0.05) is 18.7 Å². The predicted molar refractivity (Wildman–Crippen MR) is 136 cm³/mol. The van der Waals surface area contributed by atoms with Crippen LogP contribution in [0.15, 0.2) is 46.3 Å². The van der Waals surface area contributed by atoms with Gasteiger partial charge in [0.2, 0.25) is 5.91 Å². The first-order chi connectivity index (χ1) is 17.0. The van der Waals surface area contributed by atoms with Crippen molar-refractivity contribution >= 4 is 45.3 Å². The highest BCUT2D eigenvalue weighted by atomic mass is 32.2. The van der Waals surface area contributed by atoms with Crippen molar-refractivity contribution in [3.8, 4) is 17.2 Å². The summed E-state index contributed by atoms with van der Waals surface area (Å²) in [4.78, 5) is 31.1. The smallest absolute Gasteiger partial charge is 0.278 e. The summed E-state index contributed by atoms with van der Waals surface area (Å²) in [5.41, 5.74) is 2.53. The number of aromatic nitrogens is 3. The Morgan fingerprint density at radius 2 is 1.97 bits per heavy atom. The van der Waals surface area contributed by atoms with Crippen LogP contribution in [-0.4, -0.2) is 46.1 Å². The maximum absolute atomic E-state index is 13.5. The number of fused-ring (bicyclic) bond motifs is 4. The largest absolute Gasteiger partial charge is 0.497 e. The van der Waals surface area contributed by atoms with E-state index in [0.717, 1.165) is 17.3 Å². The summed E-state index contributed by atoms with van der Waals surface area (Å²) >= 11 is 1.24. The lowest BCUT2D eigenvalue weighted by Crippen LogP contribution is -2.25. The van der Waals surface area contributed by atoms with E-state index in [4.69, 9.17) is 19.2 Å². The van der Waals surface area contributed by atoms with Gasteiger partial charge in [-0.05, 0) is 36.8 Å². The molecule has 182 valence electrons. The second kappa shape index (κ2) is 9.53. The molecule has 4 aromatic rings. The normalized spacial score (nSPS) is 12.8. The monoisotopic (exact) mass is 494 g/mol. The SMILES string of the molecule is CCCn1c(SCC(=O)Nc2ccc3c(c2)OCCO3)nc2c3cc(OC)ccc3n(C)c2c1=O. The van der Waals surface area contributed by atoms with Crippen LogP contribution in [0.5, 0.6) is 17.2 Å². The number of amides is 1. The number of benzene rings is 2. The van der Waals surface area contributed by atoms with E-state index in [1.807, 2.05) is 36.7 Å². The Balaban J connectivity index is 1.45. The predicted octanol–water partition coefficient (Wildman–Crippen LogP) is 3.81. The van der Waals surface area contributed by atoms with Crippen LogP contribution < -0.4 is 25.1 Å². The van der Waals surface area contributed by atoms with E-state index in [1.165, 1.54) is 11.8 Å². The number of methoxy groups -OCH3 is 1. The van der Waals surface area contributed by atoms with Gasteiger partial charge >= 0.3 is 0 Å². The fourth-order valence-electron chi connectivity index (χ4n) is 4.24. The van der Waals surface area contributed by atoms with Crippen molar-refractivity contribution in [2.75, 3.05) is 31.4 Å². The van der Waals surface area contributed by atoms with Gasteiger partial charge in [-0.3, -0.25) is 14.2 Å². The number of nitrogens with zero attached hydrogens (tertiary/aromatic N) is 3. The molecule has 0 bridgehead atoms. The molecule has 0 saturated carbocycles. The molecule has 10 heteroatoms. The third kappa shape index (κ3) is 4.29. The molecule has 1 amide bonds. The first kappa shape index (κ1) is 23.1. The van der Waals surface area contributed by atoms with Crippen molar-refractivity contribution in [2.45, 2.75) is 25.0 Å². The molecule has 5 rings (SSSR count). The van der Waals surface area contributed by atoms with E-state index in [9.17, 15) is 9.59 Å². The fraction of sp³-hybridized carbons (Fsp3) is 0.320. The summed E-state index contributed by atoms with van der Waals surface area (Å²) in [5, 5.41) is 4.23. The molecule has 9 nitrogen and oxygen atoms in total. The Morgan fingerprint density at radius 3 is 2.74 bits per heavy atom. The van der Waals surface area contributed by atoms with Gasteiger partial charge in [0.05, 0.1) is 18.4 Å². The molecule has 3 heterocycles. The molecule has 0 saturated heterocycles. The molecule has 1 aliphatic rings. The van der Waals surface area contributed by atoms with Gasteiger partial charge in [-0.2, -0.15) is 0 Å². The molecule has 0 fully saturated rings. The summed E-state index contributed by atoms with van der Waals surface area (Å²) in [6.45, 7) is 3.50. The number of nitrogens with one attached hydrogen (secondary N) is 1. The maximum Gasteiger partial charge on any atom is 0.278 e. The molecule has 1 aliphatic heterocycles. The van der Waals surface area contributed by atoms with Gasteiger partial charge in [-0.25, -0.2) is 4.98 Å². The van der Waals surface area contributed by atoms with Gasteiger partial charge in [0.15, 0.2) is 16.7 Å². The Morgan fingerprint density at radius 1 is 1.17 bits per heavy atom. The zero-order chi connectivity index (χ0) is 24.5. The van der Waals surface area contributed by atoms with Crippen molar-refractivity contribution in [1.82, 2.24) is 14.1 Å². The number of anilines is 1. The van der Waals surface area contributed by atoms with Gasteiger partial charge in [0, 0.05) is 30.7 Å². The molecule has 0 radical (unpaired) electrons. The Kier molecular flexibility index (Phi) is 6.29. The van der Waals surface area contributed by atoms with Gasteiger partial charge < -0.3 is 24.1 Å². The van der Waals surface area contributed by atoms with Gasteiger partial charge in [-0.15, -0.1) is 0 Å². The highest BCUT2D eigenvalue weighted by Crippen LogP contribution is 2.33. The quantitative estimate of drug-likeness (QED) is 0.308. The number of aryl methyl sites for hydroxylation is 1. The zero-order valence-corrected chi connectivity index (χ0v) is 20.6. The fourth-order valence-corrected chi connectivity index (χ4v) is 5.06. The van der Waals surface area contributed by atoms with Crippen LogP contribution in [0, 0.1) is 0 Å². The number of rotatable bonds is 7. The molecule has 1 N–H and O–H groups in total. The third-order valence-electron chi connectivity index (χ3n) is 5.87. The van der Waals surface area contributed by atoms with Crippen LogP contribution >= 0.6 is 11.8 Å².